The number of nitrogens with one attached hydrogen (secondary N) is 2. The molecule has 0 radical (unpaired) electrons. The highest BCUT2D eigenvalue weighted by atomic mass is 32.1. The summed E-state index contributed by atoms with van der Waals surface area (Å²) in [6.45, 7) is 2.42. The Kier molecular flexibility index (Phi) is 3.68. The summed E-state index contributed by atoms with van der Waals surface area (Å²) in [7, 11) is 0. The van der Waals surface area contributed by atoms with E-state index in [1.165, 1.54) is 11.3 Å². The minimum Gasteiger partial charge on any atom is -0.355 e. The van der Waals surface area contributed by atoms with Crippen LogP contribution in [-0.4, -0.2) is 28.6 Å². The molecule has 1 fully saturated rings. The zero-order valence-corrected chi connectivity index (χ0v) is 10.3. The van der Waals surface area contributed by atoms with E-state index in [0.29, 0.717) is 17.6 Å². The molecule has 0 bridgehead atoms. The molecule has 0 spiro atoms. The number of carbonyl (C=O) groups is 2. The summed E-state index contributed by atoms with van der Waals surface area (Å²) in [5, 5.41) is 13.1. The number of nitrogens with zero attached hydrogens (tertiary/aromatic N) is 2. The number of rotatable bonds is 5. The minimum absolute atomic E-state index is 0.0567. The van der Waals surface area contributed by atoms with Crippen LogP contribution in [0.15, 0.2) is 5.51 Å². The van der Waals surface area contributed by atoms with Gasteiger partial charge in [-0.1, -0.05) is 18.3 Å². The molecule has 2 N–H and O–H groups in total. The van der Waals surface area contributed by atoms with Gasteiger partial charge in [-0.2, -0.15) is 0 Å². The summed E-state index contributed by atoms with van der Waals surface area (Å²) in [5.41, 5.74) is 1.55. The Morgan fingerprint density at radius 1 is 1.59 bits per heavy atom. The number of hydrogen-bond donors (Lipinski definition) is 2. The van der Waals surface area contributed by atoms with Crippen LogP contribution in [0.1, 0.15) is 19.8 Å². The zero-order valence-electron chi connectivity index (χ0n) is 9.47. The molecule has 0 aliphatic heterocycles. The van der Waals surface area contributed by atoms with Crippen molar-refractivity contribution in [3.63, 3.8) is 0 Å². The van der Waals surface area contributed by atoms with Crippen molar-refractivity contribution in [2.75, 3.05) is 11.9 Å². The van der Waals surface area contributed by atoms with Crippen molar-refractivity contribution in [3.8, 4) is 0 Å². The van der Waals surface area contributed by atoms with Crippen LogP contribution in [0.3, 0.4) is 0 Å². The van der Waals surface area contributed by atoms with Crippen LogP contribution >= 0.6 is 11.3 Å². The normalized spacial score (nSPS) is 21.9. The second kappa shape index (κ2) is 5.22. The van der Waals surface area contributed by atoms with Crippen LogP contribution in [0, 0.1) is 11.8 Å². The van der Waals surface area contributed by atoms with Gasteiger partial charge in [0.1, 0.15) is 5.51 Å². The summed E-state index contributed by atoms with van der Waals surface area (Å²) in [6.07, 6.45) is 1.22. The first-order valence-electron chi connectivity index (χ1n) is 5.50. The molecule has 1 saturated carbocycles. The molecule has 2 atom stereocenters. The standard InChI is InChI=1S/C10H14N4O2S/c1-6-4-7(6)9(16)11-3-2-8(15)13-10-14-12-5-17-10/h5-7H,2-4H2,1H3,(H,11,16)(H,13,14,15)/t6-,7-/m0/s1. The molecule has 1 heterocycles. The van der Waals surface area contributed by atoms with Crippen LogP contribution in [0.4, 0.5) is 5.13 Å². The van der Waals surface area contributed by atoms with E-state index in [1.807, 2.05) is 6.92 Å². The first-order chi connectivity index (χ1) is 8.16. The van der Waals surface area contributed by atoms with Crippen LogP contribution < -0.4 is 10.6 Å². The van der Waals surface area contributed by atoms with E-state index in [4.69, 9.17) is 0 Å². The fourth-order valence-corrected chi connectivity index (χ4v) is 1.99. The molecule has 0 aromatic carbocycles. The number of aromatic nitrogens is 2. The van der Waals surface area contributed by atoms with Crippen LogP contribution in [-0.2, 0) is 9.59 Å². The molecule has 1 aromatic heterocycles. The molecule has 2 amide bonds. The summed E-state index contributed by atoms with van der Waals surface area (Å²) >= 11 is 1.26. The summed E-state index contributed by atoms with van der Waals surface area (Å²) in [4.78, 5) is 22.9. The van der Waals surface area contributed by atoms with E-state index in [1.54, 1.807) is 5.51 Å². The Morgan fingerprint density at radius 3 is 2.94 bits per heavy atom. The van der Waals surface area contributed by atoms with Crippen molar-refractivity contribution in [2.45, 2.75) is 19.8 Å². The fraction of sp³-hybridized carbons (Fsp3) is 0.600. The third kappa shape index (κ3) is 3.48. The lowest BCUT2D eigenvalue weighted by Crippen LogP contribution is -2.29. The van der Waals surface area contributed by atoms with E-state index < -0.39 is 0 Å². The molecular formula is C10H14N4O2S. The molecule has 7 heteroatoms. The average molecular weight is 254 g/mol. The number of amides is 2. The number of anilines is 1. The molecule has 0 saturated heterocycles. The van der Waals surface area contributed by atoms with Gasteiger partial charge >= 0.3 is 0 Å². The Hall–Kier alpha value is -1.50. The predicted octanol–water partition coefficient (Wildman–Crippen LogP) is 0.639. The van der Waals surface area contributed by atoms with Gasteiger partial charge in [-0.3, -0.25) is 9.59 Å². The molecular weight excluding hydrogens is 240 g/mol. The summed E-state index contributed by atoms with van der Waals surface area (Å²) in [6, 6.07) is 0. The highest BCUT2D eigenvalue weighted by Crippen LogP contribution is 2.37. The Balaban J connectivity index is 1.61. The molecule has 0 unspecified atom stereocenters. The smallest absolute Gasteiger partial charge is 0.227 e. The Morgan fingerprint density at radius 2 is 2.35 bits per heavy atom. The van der Waals surface area contributed by atoms with Crippen molar-refractivity contribution in [1.82, 2.24) is 15.5 Å². The molecule has 17 heavy (non-hydrogen) atoms. The van der Waals surface area contributed by atoms with Gasteiger partial charge in [0.05, 0.1) is 0 Å². The topological polar surface area (TPSA) is 84.0 Å². The van der Waals surface area contributed by atoms with Gasteiger partial charge in [0.2, 0.25) is 16.9 Å². The SMILES string of the molecule is C[C@H]1C[C@@H]1C(=O)NCCC(=O)Nc1nncs1. The van der Waals surface area contributed by atoms with Gasteiger partial charge < -0.3 is 10.6 Å². The van der Waals surface area contributed by atoms with Crippen LogP contribution in [0.25, 0.3) is 0 Å². The van der Waals surface area contributed by atoms with E-state index in [-0.39, 0.29) is 24.2 Å². The van der Waals surface area contributed by atoms with Crippen LogP contribution in [0.5, 0.6) is 0 Å². The van der Waals surface area contributed by atoms with Crippen molar-refractivity contribution in [3.05, 3.63) is 5.51 Å². The first-order valence-corrected chi connectivity index (χ1v) is 6.38. The highest BCUT2D eigenvalue weighted by molar-refractivity contribution is 7.13. The molecule has 6 nitrogen and oxygen atoms in total. The second-order valence-corrected chi connectivity index (χ2v) is 4.99. The lowest BCUT2D eigenvalue weighted by molar-refractivity contribution is -0.122. The zero-order chi connectivity index (χ0) is 12.3. The summed E-state index contributed by atoms with van der Waals surface area (Å²) in [5.74, 6) is 0.540. The van der Waals surface area contributed by atoms with E-state index in [2.05, 4.69) is 20.8 Å². The van der Waals surface area contributed by atoms with Crippen molar-refractivity contribution < 1.29 is 9.59 Å². The predicted molar refractivity (Wildman–Crippen MR) is 63.4 cm³/mol. The molecule has 2 rings (SSSR count). The maximum atomic E-state index is 11.5. The second-order valence-electron chi connectivity index (χ2n) is 4.15. The molecule has 92 valence electrons. The average Bonchev–Trinajstić information content (AvgIpc) is 2.80. The largest absolute Gasteiger partial charge is 0.355 e. The van der Waals surface area contributed by atoms with Crippen molar-refractivity contribution >= 4 is 28.3 Å². The quantitative estimate of drug-likeness (QED) is 0.807. The summed E-state index contributed by atoms with van der Waals surface area (Å²) < 4.78 is 0. The van der Waals surface area contributed by atoms with Crippen molar-refractivity contribution in [2.24, 2.45) is 11.8 Å². The van der Waals surface area contributed by atoms with Crippen LogP contribution in [0.2, 0.25) is 0 Å². The van der Waals surface area contributed by atoms with E-state index in [9.17, 15) is 9.59 Å². The monoisotopic (exact) mass is 254 g/mol. The molecule has 1 aliphatic carbocycles. The van der Waals surface area contributed by atoms with E-state index >= 15 is 0 Å². The maximum absolute atomic E-state index is 11.5. The maximum Gasteiger partial charge on any atom is 0.227 e. The lowest BCUT2D eigenvalue weighted by atomic mass is 10.3. The van der Waals surface area contributed by atoms with Gasteiger partial charge in [-0.05, 0) is 12.3 Å². The third-order valence-electron chi connectivity index (χ3n) is 2.70. The molecule has 1 aromatic rings. The highest BCUT2D eigenvalue weighted by Gasteiger charge is 2.38. The first kappa shape index (κ1) is 12.0. The fourth-order valence-electron chi connectivity index (χ4n) is 1.53. The van der Waals surface area contributed by atoms with Crippen molar-refractivity contribution in [1.29, 1.82) is 0 Å². The number of carbonyl (C=O) groups excluding carboxylic acids is 2. The third-order valence-corrected chi connectivity index (χ3v) is 3.31. The van der Waals surface area contributed by atoms with Gasteiger partial charge in [-0.25, -0.2) is 0 Å². The van der Waals surface area contributed by atoms with Gasteiger partial charge in [-0.15, -0.1) is 10.2 Å². The Bertz CT molecular complexity index is 406. The Labute approximate surface area is 103 Å². The van der Waals surface area contributed by atoms with E-state index in [0.717, 1.165) is 6.42 Å². The number of hydrogen-bond acceptors (Lipinski definition) is 5. The van der Waals surface area contributed by atoms with Gasteiger partial charge in [0.15, 0.2) is 0 Å². The molecule has 1 aliphatic rings. The van der Waals surface area contributed by atoms with Gasteiger partial charge in [0.25, 0.3) is 0 Å². The minimum atomic E-state index is -0.161. The van der Waals surface area contributed by atoms with Gasteiger partial charge in [0, 0.05) is 18.9 Å². The lowest BCUT2D eigenvalue weighted by Gasteiger charge is -2.03.